The molecule has 5 aliphatic heterocycles. The highest BCUT2D eigenvalue weighted by Gasteiger charge is 2.57. The minimum atomic E-state index is -1.35. The summed E-state index contributed by atoms with van der Waals surface area (Å²) < 4.78 is 31.7. The van der Waals surface area contributed by atoms with Crippen LogP contribution in [0.25, 0.3) is 0 Å². The Bertz CT molecular complexity index is 1230. The lowest BCUT2D eigenvalue weighted by molar-refractivity contribution is -0.350. The molecule has 12 nitrogen and oxygen atoms in total. The fourth-order valence-electron chi connectivity index (χ4n) is 8.49. The normalized spacial score (nSPS) is 45.9. The Morgan fingerprint density at radius 1 is 1.15 bits per heavy atom. The van der Waals surface area contributed by atoms with Gasteiger partial charge in [-0.2, -0.15) is 0 Å². The van der Waals surface area contributed by atoms with Crippen molar-refractivity contribution in [1.82, 2.24) is 10.2 Å². The Kier molecular flexibility index (Phi) is 11.2. The van der Waals surface area contributed by atoms with Crippen LogP contribution >= 0.6 is 0 Å². The number of carbonyl (C=O) groups excluding carboxylic acids is 2. The number of nitrogens with one attached hydrogen (secondary N) is 1. The summed E-state index contributed by atoms with van der Waals surface area (Å²) in [5.74, 6) is -0.458. The molecule has 47 heavy (non-hydrogen) atoms. The third-order valence-electron chi connectivity index (χ3n) is 11.5. The van der Waals surface area contributed by atoms with Gasteiger partial charge in [-0.3, -0.25) is 19.8 Å². The first-order valence-corrected chi connectivity index (χ1v) is 17.4. The summed E-state index contributed by atoms with van der Waals surface area (Å²) in [4.78, 5) is 40.4. The standard InChI is InChI=1S/C35H55N3O9/c1-10-12-13-38(9)24-14-19(3)44-27(15-24)46-31-21(5)29(39)22(6)33(40)45-26(11-2)35(8,47-41)30-20(4)28(23-16-34(31,7)43-17-23)37-32-25(36-30)18-42-32/h1,19-27,30-32,36,41H,11-18H2,2-9H3/t19-,20+,21+,22-,23+,24+,25?,26-,27+,30-,31-,32?,34-,35-/m1/s1. The van der Waals surface area contributed by atoms with Gasteiger partial charge in [0.15, 0.2) is 23.9 Å². The van der Waals surface area contributed by atoms with Crippen molar-refractivity contribution >= 4 is 17.5 Å². The van der Waals surface area contributed by atoms with Gasteiger partial charge < -0.3 is 33.9 Å². The average molecular weight is 662 g/mol. The van der Waals surface area contributed by atoms with Gasteiger partial charge in [-0.15, -0.1) is 12.3 Å². The van der Waals surface area contributed by atoms with Gasteiger partial charge in [0, 0.05) is 48.9 Å². The van der Waals surface area contributed by atoms with Crippen LogP contribution in [0.1, 0.15) is 80.6 Å². The van der Waals surface area contributed by atoms with Crippen LogP contribution in [-0.4, -0.2) is 115 Å². The van der Waals surface area contributed by atoms with Gasteiger partial charge in [0.1, 0.15) is 12.0 Å². The fraction of sp³-hybridized carbons (Fsp3) is 0.857. The Morgan fingerprint density at radius 2 is 1.89 bits per heavy atom. The number of carbonyl (C=O) groups is 2. The Labute approximate surface area is 279 Å². The summed E-state index contributed by atoms with van der Waals surface area (Å²) in [6, 6.07) is -0.397. The van der Waals surface area contributed by atoms with E-state index < -0.39 is 59.8 Å². The predicted octanol–water partition coefficient (Wildman–Crippen LogP) is 3.21. The van der Waals surface area contributed by atoms with Crippen molar-refractivity contribution in [2.75, 3.05) is 26.8 Å². The Hall–Kier alpha value is -1.95. The third-order valence-corrected chi connectivity index (χ3v) is 11.5. The molecule has 2 unspecified atom stereocenters. The second kappa shape index (κ2) is 14.5. The molecule has 0 aromatic rings. The average Bonchev–Trinajstić information content (AvgIpc) is 3.40. The van der Waals surface area contributed by atoms with Crippen LogP contribution in [0.4, 0.5) is 0 Å². The van der Waals surface area contributed by atoms with E-state index in [4.69, 9.17) is 40.0 Å². The smallest absolute Gasteiger partial charge is 0.316 e. The molecule has 4 saturated heterocycles. The second-order valence-electron chi connectivity index (χ2n) is 14.9. The number of hydrogen-bond donors (Lipinski definition) is 2. The summed E-state index contributed by atoms with van der Waals surface area (Å²) >= 11 is 0. The first kappa shape index (κ1) is 36.3. The van der Waals surface area contributed by atoms with E-state index in [1.54, 1.807) is 20.8 Å². The lowest BCUT2D eigenvalue weighted by atomic mass is 9.74. The maximum absolute atomic E-state index is 14.1. The van der Waals surface area contributed by atoms with Gasteiger partial charge in [0.05, 0.1) is 43.1 Å². The number of hydrogen-bond acceptors (Lipinski definition) is 12. The van der Waals surface area contributed by atoms with Crippen molar-refractivity contribution in [1.29, 1.82) is 0 Å². The molecule has 264 valence electrons. The van der Waals surface area contributed by atoms with Crippen LogP contribution in [0, 0.1) is 36.0 Å². The SMILES string of the molecule is C#CCCN(C)[C@@H]1C[C@H](O[C@@H]2[C@@H](C)C(=O)[C@@H](C)C(=O)O[C@H](CC)[C@@](C)(OO)[C@@H]3NC4COC4N=C([C@@H]4CO[C@]2(C)C4)[C@@H]3C)O[C@H](C)C1. The highest BCUT2D eigenvalue weighted by molar-refractivity contribution is 6.00. The first-order chi connectivity index (χ1) is 22.3. The second-order valence-corrected chi connectivity index (χ2v) is 14.9. The van der Waals surface area contributed by atoms with E-state index in [9.17, 15) is 14.8 Å². The van der Waals surface area contributed by atoms with Crippen LogP contribution in [0.3, 0.4) is 0 Å². The maximum Gasteiger partial charge on any atom is 0.316 e. The summed E-state index contributed by atoms with van der Waals surface area (Å²) in [5.41, 5.74) is -1.37. The van der Waals surface area contributed by atoms with E-state index in [1.165, 1.54) is 0 Å². The van der Waals surface area contributed by atoms with Gasteiger partial charge in [-0.1, -0.05) is 20.8 Å². The minimum absolute atomic E-state index is 0.0643. The summed E-state index contributed by atoms with van der Waals surface area (Å²) in [6.07, 6.45) is 5.89. The third kappa shape index (κ3) is 7.06. The molecule has 0 spiro atoms. The number of aliphatic imine (C=N–C) groups is 1. The van der Waals surface area contributed by atoms with Crippen molar-refractivity contribution in [3.05, 3.63) is 0 Å². The summed E-state index contributed by atoms with van der Waals surface area (Å²) in [7, 11) is 2.06. The summed E-state index contributed by atoms with van der Waals surface area (Å²) in [5, 5.41) is 14.0. The molecule has 5 rings (SSSR count). The molecule has 2 N–H and O–H groups in total. The number of fused-ring (bicyclic) bond motifs is 6. The van der Waals surface area contributed by atoms with Crippen LogP contribution in [0.2, 0.25) is 0 Å². The van der Waals surface area contributed by atoms with Crippen molar-refractivity contribution in [3.63, 3.8) is 0 Å². The van der Waals surface area contributed by atoms with Crippen molar-refractivity contribution in [3.8, 4) is 12.3 Å². The zero-order chi connectivity index (χ0) is 34.3. The molecule has 14 atom stereocenters. The van der Waals surface area contributed by atoms with Crippen LogP contribution < -0.4 is 5.32 Å². The van der Waals surface area contributed by atoms with E-state index in [1.807, 2.05) is 27.7 Å². The molecular weight excluding hydrogens is 606 g/mol. The molecule has 0 aromatic heterocycles. The molecule has 0 saturated carbocycles. The monoisotopic (exact) mass is 661 g/mol. The number of esters is 1. The van der Waals surface area contributed by atoms with Crippen LogP contribution in [0.15, 0.2) is 4.99 Å². The molecule has 5 aliphatic rings. The molecular formula is C35H55N3O9. The number of terminal acetylenes is 1. The van der Waals surface area contributed by atoms with Crippen molar-refractivity contribution < 1.29 is 43.4 Å². The number of Topliss-reactive ketones (excluding diaryl/α,β-unsaturated/α-hetero) is 1. The zero-order valence-electron chi connectivity index (χ0n) is 29.3. The van der Waals surface area contributed by atoms with E-state index in [0.29, 0.717) is 38.9 Å². The molecule has 12 heteroatoms. The zero-order valence-corrected chi connectivity index (χ0v) is 29.3. The van der Waals surface area contributed by atoms with E-state index in [-0.39, 0.29) is 35.8 Å². The van der Waals surface area contributed by atoms with Crippen molar-refractivity contribution in [2.24, 2.45) is 28.7 Å². The number of ketones is 1. The molecule has 0 radical (unpaired) electrons. The van der Waals surface area contributed by atoms with Gasteiger partial charge >= 0.3 is 5.97 Å². The topological polar surface area (TPSA) is 137 Å². The summed E-state index contributed by atoms with van der Waals surface area (Å²) in [6.45, 7) is 14.6. The molecule has 0 aromatic carbocycles. The van der Waals surface area contributed by atoms with E-state index in [0.717, 1.165) is 18.7 Å². The molecule has 5 heterocycles. The highest BCUT2D eigenvalue weighted by Crippen LogP contribution is 2.44. The van der Waals surface area contributed by atoms with Crippen LogP contribution in [0.5, 0.6) is 0 Å². The van der Waals surface area contributed by atoms with Gasteiger partial charge in [0.25, 0.3) is 0 Å². The van der Waals surface area contributed by atoms with Crippen molar-refractivity contribution in [2.45, 2.75) is 141 Å². The van der Waals surface area contributed by atoms with Gasteiger partial charge in [0.2, 0.25) is 0 Å². The first-order valence-electron chi connectivity index (χ1n) is 17.4. The molecule has 4 bridgehead atoms. The quantitative estimate of drug-likeness (QED) is 0.137. The predicted molar refractivity (Wildman–Crippen MR) is 173 cm³/mol. The minimum Gasteiger partial charge on any atom is -0.459 e. The largest absolute Gasteiger partial charge is 0.459 e. The highest BCUT2D eigenvalue weighted by atomic mass is 17.1. The lowest BCUT2D eigenvalue weighted by Crippen LogP contribution is -2.66. The Morgan fingerprint density at radius 3 is 2.53 bits per heavy atom. The molecule has 0 amide bonds. The van der Waals surface area contributed by atoms with Gasteiger partial charge in [-0.25, -0.2) is 4.89 Å². The number of cyclic esters (lactones) is 1. The van der Waals surface area contributed by atoms with Crippen LogP contribution in [-0.2, 0) is 38.2 Å². The number of nitrogens with zero attached hydrogens (tertiary/aromatic N) is 2. The number of ether oxygens (including phenoxy) is 5. The Balaban J connectivity index is 1.52. The molecule has 4 fully saturated rings. The number of rotatable bonds is 7. The lowest BCUT2D eigenvalue weighted by Gasteiger charge is -2.45. The van der Waals surface area contributed by atoms with E-state index >= 15 is 0 Å². The maximum atomic E-state index is 14.1. The fourth-order valence-corrected chi connectivity index (χ4v) is 8.49. The van der Waals surface area contributed by atoms with Gasteiger partial charge in [-0.05, 0) is 54.0 Å². The molecule has 0 aliphatic carbocycles. The van der Waals surface area contributed by atoms with E-state index in [2.05, 4.69) is 23.2 Å².